The number of aliphatic carboxylic acids is 1. The van der Waals surface area contributed by atoms with Crippen molar-refractivity contribution in [3.05, 3.63) is 18.5 Å². The minimum absolute atomic E-state index is 0.228. The number of carbonyl (C=O) groups is 1. The molecule has 0 fully saturated rings. The van der Waals surface area contributed by atoms with Gasteiger partial charge >= 0.3 is 5.97 Å². The Morgan fingerprint density at radius 3 is 2.70 bits per heavy atom. The second kappa shape index (κ2) is 7.77. The highest BCUT2D eigenvalue weighted by atomic mass is 16.4. The predicted octanol–water partition coefficient (Wildman–Crippen LogP) is 2.49. The Morgan fingerprint density at radius 2 is 2.20 bits per heavy atom. The summed E-state index contributed by atoms with van der Waals surface area (Å²) in [6.07, 6.45) is 3.81. The minimum Gasteiger partial charge on any atom is -0.481 e. The number of carboxylic acid groups (broad SMARTS) is 1. The fraction of sp³-hybridized carbons (Fsp3) is 0.714. The van der Waals surface area contributed by atoms with E-state index in [1.165, 1.54) is 0 Å². The van der Waals surface area contributed by atoms with Crippen LogP contribution in [0.5, 0.6) is 0 Å². The molecule has 0 radical (unpaired) electrons. The molecule has 0 spiro atoms. The SMILES string of the molecule is C=CC[C@@H](c1nnnn1CCC)[C@@H](CC(C)C)C(=O)O. The molecule has 0 unspecified atom stereocenters. The van der Waals surface area contributed by atoms with E-state index in [0.717, 1.165) is 6.42 Å². The van der Waals surface area contributed by atoms with Crippen LogP contribution in [-0.2, 0) is 11.3 Å². The largest absolute Gasteiger partial charge is 0.481 e. The van der Waals surface area contributed by atoms with Gasteiger partial charge in [0.05, 0.1) is 5.92 Å². The number of tetrazole rings is 1. The van der Waals surface area contributed by atoms with Crippen molar-refractivity contribution in [3.63, 3.8) is 0 Å². The third-order valence-corrected chi connectivity index (χ3v) is 3.28. The van der Waals surface area contributed by atoms with Gasteiger partial charge in [-0.2, -0.15) is 0 Å². The molecular formula is C14H24N4O2. The number of hydrogen-bond acceptors (Lipinski definition) is 4. The van der Waals surface area contributed by atoms with Gasteiger partial charge in [0, 0.05) is 12.5 Å². The standard InChI is InChI=1S/C14H24N4O2/c1-5-7-11(12(14(19)20)9-10(3)4)13-15-16-17-18(13)8-6-2/h5,10-12H,1,6-9H2,2-4H3,(H,19,20)/t11-,12-/m1/s1. The zero-order valence-electron chi connectivity index (χ0n) is 12.5. The number of nitrogens with zero attached hydrogens (tertiary/aromatic N) is 4. The smallest absolute Gasteiger partial charge is 0.307 e. The summed E-state index contributed by atoms with van der Waals surface area (Å²) >= 11 is 0. The number of aryl methyl sites for hydroxylation is 1. The van der Waals surface area contributed by atoms with Crippen LogP contribution in [0.2, 0.25) is 0 Å². The van der Waals surface area contributed by atoms with Crippen molar-refractivity contribution >= 4 is 5.97 Å². The van der Waals surface area contributed by atoms with Crippen molar-refractivity contribution < 1.29 is 9.90 Å². The van der Waals surface area contributed by atoms with Crippen LogP contribution < -0.4 is 0 Å². The first-order valence-electron chi connectivity index (χ1n) is 7.10. The Kier molecular flexibility index (Phi) is 6.35. The summed E-state index contributed by atoms with van der Waals surface area (Å²) in [5.74, 6) is -0.557. The number of hydrogen-bond donors (Lipinski definition) is 1. The fourth-order valence-corrected chi connectivity index (χ4v) is 2.42. The molecule has 1 aromatic rings. The Bertz CT molecular complexity index is 442. The summed E-state index contributed by atoms with van der Waals surface area (Å²) in [7, 11) is 0. The number of allylic oxidation sites excluding steroid dienone is 1. The molecule has 1 rings (SSSR count). The van der Waals surface area contributed by atoms with E-state index < -0.39 is 11.9 Å². The lowest BCUT2D eigenvalue weighted by molar-refractivity contribution is -0.143. The molecule has 2 atom stereocenters. The lowest BCUT2D eigenvalue weighted by Gasteiger charge is -2.23. The van der Waals surface area contributed by atoms with Crippen LogP contribution in [0.3, 0.4) is 0 Å². The van der Waals surface area contributed by atoms with Crippen LogP contribution in [-0.4, -0.2) is 31.3 Å². The fourth-order valence-electron chi connectivity index (χ4n) is 2.42. The van der Waals surface area contributed by atoms with Crippen LogP contribution in [0.1, 0.15) is 51.8 Å². The average molecular weight is 280 g/mol. The van der Waals surface area contributed by atoms with Crippen LogP contribution in [0.4, 0.5) is 0 Å². The highest BCUT2D eigenvalue weighted by Gasteiger charge is 2.32. The van der Waals surface area contributed by atoms with E-state index in [1.807, 2.05) is 20.8 Å². The maximum atomic E-state index is 11.6. The van der Waals surface area contributed by atoms with Gasteiger partial charge in [-0.05, 0) is 35.6 Å². The second-order valence-electron chi connectivity index (χ2n) is 5.47. The van der Waals surface area contributed by atoms with E-state index in [1.54, 1.807) is 10.8 Å². The van der Waals surface area contributed by atoms with E-state index in [9.17, 15) is 9.90 Å². The molecule has 0 aliphatic rings. The van der Waals surface area contributed by atoms with Crippen molar-refractivity contribution in [1.82, 2.24) is 20.2 Å². The molecule has 0 saturated carbocycles. The van der Waals surface area contributed by atoms with Crippen molar-refractivity contribution in [2.24, 2.45) is 11.8 Å². The highest BCUT2D eigenvalue weighted by molar-refractivity contribution is 5.71. The molecule has 0 amide bonds. The van der Waals surface area contributed by atoms with Gasteiger partial charge in [0.1, 0.15) is 0 Å². The van der Waals surface area contributed by atoms with E-state index in [2.05, 4.69) is 22.1 Å². The first kappa shape index (κ1) is 16.3. The highest BCUT2D eigenvalue weighted by Crippen LogP contribution is 2.31. The summed E-state index contributed by atoms with van der Waals surface area (Å²) in [6.45, 7) is 10.5. The predicted molar refractivity (Wildman–Crippen MR) is 76.2 cm³/mol. The van der Waals surface area contributed by atoms with Crippen molar-refractivity contribution in [2.75, 3.05) is 0 Å². The zero-order valence-corrected chi connectivity index (χ0v) is 12.5. The van der Waals surface area contributed by atoms with Crippen molar-refractivity contribution in [3.8, 4) is 0 Å². The molecular weight excluding hydrogens is 256 g/mol. The van der Waals surface area contributed by atoms with E-state index in [-0.39, 0.29) is 5.92 Å². The maximum Gasteiger partial charge on any atom is 0.307 e. The van der Waals surface area contributed by atoms with Crippen LogP contribution in [0.15, 0.2) is 12.7 Å². The summed E-state index contributed by atoms with van der Waals surface area (Å²) in [5, 5.41) is 21.2. The molecule has 6 nitrogen and oxygen atoms in total. The Morgan fingerprint density at radius 1 is 1.50 bits per heavy atom. The first-order chi connectivity index (χ1) is 9.51. The van der Waals surface area contributed by atoms with E-state index in [0.29, 0.717) is 31.1 Å². The minimum atomic E-state index is -0.795. The Labute approximate surface area is 119 Å². The van der Waals surface area contributed by atoms with Gasteiger partial charge in [0.2, 0.25) is 0 Å². The van der Waals surface area contributed by atoms with Gasteiger partial charge in [-0.3, -0.25) is 4.79 Å². The summed E-state index contributed by atoms with van der Waals surface area (Å²) in [5.41, 5.74) is 0. The normalized spacial score (nSPS) is 14.2. The van der Waals surface area contributed by atoms with Crippen LogP contribution >= 0.6 is 0 Å². The van der Waals surface area contributed by atoms with Gasteiger partial charge in [-0.1, -0.05) is 26.8 Å². The molecule has 6 heteroatoms. The number of carboxylic acids is 1. The van der Waals surface area contributed by atoms with Gasteiger partial charge in [0.15, 0.2) is 5.82 Å². The van der Waals surface area contributed by atoms with Crippen LogP contribution in [0.25, 0.3) is 0 Å². The Balaban J connectivity index is 3.09. The summed E-state index contributed by atoms with van der Waals surface area (Å²) in [4.78, 5) is 11.6. The quantitative estimate of drug-likeness (QED) is 0.703. The number of rotatable bonds is 9. The van der Waals surface area contributed by atoms with Crippen molar-refractivity contribution in [2.45, 2.75) is 52.5 Å². The van der Waals surface area contributed by atoms with E-state index in [4.69, 9.17) is 0 Å². The summed E-state index contributed by atoms with van der Waals surface area (Å²) in [6, 6.07) is 0. The average Bonchev–Trinajstić information content (AvgIpc) is 2.81. The monoisotopic (exact) mass is 280 g/mol. The van der Waals surface area contributed by atoms with Crippen molar-refractivity contribution in [1.29, 1.82) is 0 Å². The van der Waals surface area contributed by atoms with Gasteiger partial charge in [-0.25, -0.2) is 4.68 Å². The molecule has 1 aromatic heterocycles. The molecule has 112 valence electrons. The molecule has 1 N–H and O–H groups in total. The third kappa shape index (κ3) is 4.15. The topological polar surface area (TPSA) is 80.9 Å². The van der Waals surface area contributed by atoms with Gasteiger partial charge in [-0.15, -0.1) is 11.7 Å². The van der Waals surface area contributed by atoms with Gasteiger partial charge < -0.3 is 5.11 Å². The molecule has 0 saturated heterocycles. The second-order valence-corrected chi connectivity index (χ2v) is 5.47. The Hall–Kier alpha value is -1.72. The van der Waals surface area contributed by atoms with Crippen LogP contribution in [0, 0.1) is 11.8 Å². The molecule has 0 bridgehead atoms. The lowest BCUT2D eigenvalue weighted by atomic mass is 9.83. The first-order valence-corrected chi connectivity index (χ1v) is 7.10. The third-order valence-electron chi connectivity index (χ3n) is 3.28. The lowest BCUT2D eigenvalue weighted by Crippen LogP contribution is -2.26. The maximum absolute atomic E-state index is 11.6. The molecule has 0 aliphatic carbocycles. The molecule has 20 heavy (non-hydrogen) atoms. The zero-order chi connectivity index (χ0) is 15.1. The number of aromatic nitrogens is 4. The molecule has 1 heterocycles. The van der Waals surface area contributed by atoms with E-state index >= 15 is 0 Å². The molecule has 0 aromatic carbocycles. The van der Waals surface area contributed by atoms with Gasteiger partial charge in [0.25, 0.3) is 0 Å². The molecule has 0 aliphatic heterocycles. The summed E-state index contributed by atoms with van der Waals surface area (Å²) < 4.78 is 1.71.